The molecule has 0 radical (unpaired) electrons. The summed E-state index contributed by atoms with van der Waals surface area (Å²) in [6.07, 6.45) is 6.44. The van der Waals surface area contributed by atoms with Crippen molar-refractivity contribution >= 4 is 17.5 Å². The minimum absolute atomic E-state index is 0.0724. The number of carbonyl (C=O) groups is 2. The van der Waals surface area contributed by atoms with E-state index in [-0.39, 0.29) is 11.8 Å². The van der Waals surface area contributed by atoms with Crippen molar-refractivity contribution in [2.75, 3.05) is 26.7 Å². The molecule has 2 aromatic heterocycles. The molecule has 7 nitrogen and oxygen atoms in total. The van der Waals surface area contributed by atoms with Crippen LogP contribution in [0.4, 0.5) is 0 Å². The summed E-state index contributed by atoms with van der Waals surface area (Å²) in [5.41, 5.74) is 1.96. The molecule has 1 unspecified atom stereocenters. The average Bonchev–Trinajstić information content (AvgIpc) is 3.43. The lowest BCUT2D eigenvalue weighted by molar-refractivity contribution is -0.103. The molecule has 3 saturated carbocycles. The molecule has 4 atom stereocenters. The molecule has 4 fully saturated rings. The maximum Gasteiger partial charge on any atom is 0.274 e. The minimum Gasteiger partial charge on any atom is -0.350 e. The lowest BCUT2D eigenvalue weighted by Crippen LogP contribution is -2.54. The van der Waals surface area contributed by atoms with Crippen molar-refractivity contribution in [1.29, 1.82) is 0 Å². The number of imidazole rings is 1. The third-order valence-corrected chi connectivity index (χ3v) is 8.35. The van der Waals surface area contributed by atoms with Crippen molar-refractivity contribution in [2.45, 2.75) is 45.6 Å². The average molecular weight is 424 g/mol. The number of carbonyl (C=O) groups excluding carboxylic acids is 2. The van der Waals surface area contributed by atoms with Crippen LogP contribution in [-0.4, -0.2) is 58.8 Å². The van der Waals surface area contributed by atoms with Crippen molar-refractivity contribution in [3.05, 3.63) is 35.8 Å². The van der Waals surface area contributed by atoms with Crippen LogP contribution in [0.15, 0.2) is 24.4 Å². The quantitative estimate of drug-likeness (QED) is 0.775. The van der Waals surface area contributed by atoms with E-state index < -0.39 is 0 Å². The van der Waals surface area contributed by atoms with E-state index in [1.54, 1.807) is 16.7 Å². The van der Waals surface area contributed by atoms with Gasteiger partial charge in [0.1, 0.15) is 17.0 Å². The van der Waals surface area contributed by atoms with E-state index in [9.17, 15) is 9.59 Å². The highest BCUT2D eigenvalue weighted by molar-refractivity contribution is 5.95. The van der Waals surface area contributed by atoms with Gasteiger partial charge in [-0.2, -0.15) is 0 Å². The molecule has 3 aliphatic carbocycles. The summed E-state index contributed by atoms with van der Waals surface area (Å²) in [5.74, 6) is 1.95. The van der Waals surface area contributed by atoms with Crippen molar-refractivity contribution < 1.29 is 9.59 Å². The van der Waals surface area contributed by atoms with Crippen LogP contribution in [0.2, 0.25) is 0 Å². The Labute approximate surface area is 183 Å². The molecule has 0 aromatic carbocycles. The van der Waals surface area contributed by atoms with Crippen LogP contribution < -0.4 is 10.6 Å². The topological polar surface area (TPSA) is 78.7 Å². The summed E-state index contributed by atoms with van der Waals surface area (Å²) in [6.45, 7) is 6.89. The van der Waals surface area contributed by atoms with Crippen molar-refractivity contribution in [3.8, 4) is 0 Å². The van der Waals surface area contributed by atoms with E-state index in [0.717, 1.165) is 25.4 Å². The molecular formula is C24H33N5O2. The number of likely N-dealkylation sites (tertiary alicyclic amines) is 1. The number of amides is 2. The fraction of sp³-hybridized carbons (Fsp3) is 0.625. The second-order valence-corrected chi connectivity index (χ2v) is 10.2. The SMILES string of the molecule is CNC1CCN(C(=O)c2cn3c(C(=O)NC[C@@H]4CC[C@H]5C[C@H]4C5(C)C)cccc3n2)C1. The third kappa shape index (κ3) is 3.43. The maximum atomic E-state index is 13.0. The first-order valence-corrected chi connectivity index (χ1v) is 11.6. The van der Waals surface area contributed by atoms with Crippen LogP contribution >= 0.6 is 0 Å². The van der Waals surface area contributed by atoms with Crippen LogP contribution in [0.5, 0.6) is 0 Å². The van der Waals surface area contributed by atoms with Crippen LogP contribution in [0.25, 0.3) is 5.65 Å². The van der Waals surface area contributed by atoms with E-state index in [4.69, 9.17) is 0 Å². The molecule has 2 amide bonds. The van der Waals surface area contributed by atoms with Crippen LogP contribution in [0, 0.1) is 23.2 Å². The first-order chi connectivity index (χ1) is 14.9. The summed E-state index contributed by atoms with van der Waals surface area (Å²) in [7, 11) is 1.92. The van der Waals surface area contributed by atoms with Crippen LogP contribution in [0.3, 0.4) is 0 Å². The Morgan fingerprint density at radius 3 is 2.77 bits per heavy atom. The molecule has 1 aliphatic heterocycles. The highest BCUT2D eigenvalue weighted by atomic mass is 16.2. The number of pyridine rings is 1. The molecule has 1 saturated heterocycles. The molecule has 31 heavy (non-hydrogen) atoms. The lowest BCUT2D eigenvalue weighted by Gasteiger charge is -2.60. The number of fused-ring (bicyclic) bond motifs is 3. The highest BCUT2D eigenvalue weighted by Crippen LogP contribution is 2.61. The van der Waals surface area contributed by atoms with Crippen LogP contribution in [0.1, 0.15) is 60.5 Å². The largest absolute Gasteiger partial charge is 0.350 e. The van der Waals surface area contributed by atoms with Crippen LogP contribution in [-0.2, 0) is 0 Å². The predicted molar refractivity (Wildman–Crippen MR) is 119 cm³/mol. The fourth-order valence-corrected chi connectivity index (χ4v) is 6.16. The monoisotopic (exact) mass is 423 g/mol. The van der Waals surface area contributed by atoms with Gasteiger partial charge in [-0.1, -0.05) is 19.9 Å². The second-order valence-electron chi connectivity index (χ2n) is 10.2. The zero-order valence-corrected chi connectivity index (χ0v) is 18.7. The van der Waals surface area contributed by atoms with Gasteiger partial charge in [0, 0.05) is 31.9 Å². The summed E-state index contributed by atoms with van der Waals surface area (Å²) in [6, 6.07) is 5.80. The van der Waals surface area contributed by atoms with Crippen molar-refractivity contribution in [1.82, 2.24) is 24.9 Å². The Hall–Kier alpha value is -2.41. The summed E-state index contributed by atoms with van der Waals surface area (Å²) in [5, 5.41) is 6.40. The van der Waals surface area contributed by atoms with Gasteiger partial charge in [0.15, 0.2) is 0 Å². The molecule has 3 heterocycles. The Kier molecular flexibility index (Phi) is 5.04. The third-order valence-electron chi connectivity index (χ3n) is 8.35. The van der Waals surface area contributed by atoms with Gasteiger partial charge in [0.25, 0.3) is 11.8 Å². The Bertz CT molecular complexity index is 1010. The molecule has 2 N–H and O–H groups in total. The van der Waals surface area contributed by atoms with E-state index in [1.165, 1.54) is 19.3 Å². The number of nitrogens with one attached hydrogen (secondary N) is 2. The van der Waals surface area contributed by atoms with Gasteiger partial charge in [-0.05, 0) is 68.0 Å². The van der Waals surface area contributed by atoms with E-state index in [1.807, 2.05) is 24.1 Å². The highest BCUT2D eigenvalue weighted by Gasteiger charge is 2.53. The lowest BCUT2D eigenvalue weighted by atomic mass is 9.45. The molecular weight excluding hydrogens is 390 g/mol. The number of nitrogens with zero attached hydrogens (tertiary/aromatic N) is 3. The van der Waals surface area contributed by atoms with Gasteiger partial charge in [0.05, 0.1) is 0 Å². The Morgan fingerprint density at radius 2 is 2.06 bits per heavy atom. The molecule has 4 aliphatic rings. The number of rotatable bonds is 5. The maximum absolute atomic E-state index is 13.0. The fourth-order valence-electron chi connectivity index (χ4n) is 6.16. The summed E-state index contributed by atoms with van der Waals surface area (Å²) >= 11 is 0. The zero-order valence-electron chi connectivity index (χ0n) is 18.7. The predicted octanol–water partition coefficient (Wildman–Crippen LogP) is 2.57. The second kappa shape index (κ2) is 7.62. The van der Waals surface area contributed by atoms with Gasteiger partial charge >= 0.3 is 0 Å². The summed E-state index contributed by atoms with van der Waals surface area (Å²) < 4.78 is 1.75. The van der Waals surface area contributed by atoms with E-state index in [2.05, 4.69) is 29.5 Å². The summed E-state index contributed by atoms with van der Waals surface area (Å²) in [4.78, 5) is 32.3. The first-order valence-electron chi connectivity index (χ1n) is 11.6. The molecule has 7 heteroatoms. The molecule has 166 valence electrons. The smallest absolute Gasteiger partial charge is 0.274 e. The molecule has 2 bridgehead atoms. The molecule has 0 spiro atoms. The van der Waals surface area contributed by atoms with Gasteiger partial charge in [-0.15, -0.1) is 0 Å². The van der Waals surface area contributed by atoms with Gasteiger partial charge < -0.3 is 15.5 Å². The van der Waals surface area contributed by atoms with Crippen molar-refractivity contribution in [3.63, 3.8) is 0 Å². The Morgan fingerprint density at radius 1 is 1.23 bits per heavy atom. The normalized spacial score (nSPS) is 29.1. The Balaban J connectivity index is 1.30. The minimum atomic E-state index is -0.0994. The number of aromatic nitrogens is 2. The number of hydrogen-bond donors (Lipinski definition) is 2. The van der Waals surface area contributed by atoms with Gasteiger partial charge in [0.2, 0.25) is 0 Å². The molecule has 2 aromatic rings. The standard InChI is InChI=1S/C24H33N5O2/c1-24(2)16-8-7-15(18(24)11-16)12-26-22(30)20-5-4-6-21-27-19(14-29(20)21)23(31)28-10-9-17(13-28)25-3/h4-6,14-18,25H,7-13H2,1-3H3,(H,26,30)/t15-,16-,17?,18+/m0/s1. The van der Waals surface area contributed by atoms with Gasteiger partial charge in [-0.3, -0.25) is 14.0 Å². The number of hydrogen-bond acceptors (Lipinski definition) is 4. The van der Waals surface area contributed by atoms with E-state index >= 15 is 0 Å². The first kappa shape index (κ1) is 20.5. The van der Waals surface area contributed by atoms with Gasteiger partial charge in [-0.25, -0.2) is 4.98 Å². The number of likely N-dealkylation sites (N-methyl/N-ethyl adjacent to an activating group) is 1. The van der Waals surface area contributed by atoms with Crippen molar-refractivity contribution in [2.24, 2.45) is 23.2 Å². The molecule has 6 rings (SSSR count). The van der Waals surface area contributed by atoms with E-state index in [0.29, 0.717) is 46.9 Å². The zero-order chi connectivity index (χ0) is 21.8.